The molecule has 0 aliphatic heterocycles. The topological polar surface area (TPSA) is 50.4 Å². The molecule has 25 heavy (non-hydrogen) atoms. The Balaban J connectivity index is 1.53. The third-order valence-corrected chi connectivity index (χ3v) is 4.14. The first kappa shape index (κ1) is 19.3. The number of benzene rings is 2. The molecular weight excluding hydrogens is 336 g/mol. The number of nitrogens with one attached hydrogen (secondary N) is 2. The van der Waals surface area contributed by atoms with Crippen molar-refractivity contribution in [3.63, 3.8) is 0 Å². The van der Waals surface area contributed by atoms with E-state index >= 15 is 0 Å². The fraction of sp³-hybridized carbons (Fsp3) is 0.350. The zero-order chi connectivity index (χ0) is 17.9. The molecule has 0 saturated carbocycles. The molecule has 2 aromatic carbocycles. The molecule has 0 radical (unpaired) electrons. The van der Waals surface area contributed by atoms with Crippen molar-refractivity contribution in [2.75, 3.05) is 26.7 Å². The molecule has 2 aromatic rings. The summed E-state index contributed by atoms with van der Waals surface area (Å²) in [5.41, 5.74) is 2.38. The number of rotatable bonds is 10. The van der Waals surface area contributed by atoms with Crippen molar-refractivity contribution in [1.29, 1.82) is 0 Å². The Labute approximate surface area is 154 Å². The van der Waals surface area contributed by atoms with Crippen molar-refractivity contribution in [3.8, 4) is 5.75 Å². The third kappa shape index (κ3) is 7.59. The van der Waals surface area contributed by atoms with Gasteiger partial charge < -0.3 is 15.4 Å². The van der Waals surface area contributed by atoms with Gasteiger partial charge in [0.15, 0.2) is 0 Å². The van der Waals surface area contributed by atoms with Crippen LogP contribution < -0.4 is 15.4 Å². The summed E-state index contributed by atoms with van der Waals surface area (Å²) in [6.07, 6.45) is 2.20. The van der Waals surface area contributed by atoms with E-state index in [9.17, 15) is 4.79 Å². The van der Waals surface area contributed by atoms with Gasteiger partial charge in [0.1, 0.15) is 5.75 Å². The summed E-state index contributed by atoms with van der Waals surface area (Å²) in [6.45, 7) is 2.16. The Morgan fingerprint density at radius 2 is 1.76 bits per heavy atom. The van der Waals surface area contributed by atoms with E-state index < -0.39 is 0 Å². The van der Waals surface area contributed by atoms with Crippen LogP contribution >= 0.6 is 11.6 Å². The van der Waals surface area contributed by atoms with Gasteiger partial charge in [-0.05, 0) is 54.8 Å². The summed E-state index contributed by atoms with van der Waals surface area (Å²) in [7, 11) is 1.66. The van der Waals surface area contributed by atoms with E-state index in [0.717, 1.165) is 35.7 Å². The van der Waals surface area contributed by atoms with Crippen LogP contribution in [-0.2, 0) is 17.6 Å². The van der Waals surface area contributed by atoms with Crippen molar-refractivity contribution in [1.82, 2.24) is 10.6 Å². The molecule has 0 bridgehead atoms. The molecule has 2 rings (SSSR count). The van der Waals surface area contributed by atoms with Crippen LogP contribution in [0.3, 0.4) is 0 Å². The predicted octanol–water partition coefficient (Wildman–Crippen LogP) is 3.23. The maximum absolute atomic E-state index is 11.8. The minimum atomic E-state index is 0.0685. The molecule has 0 aliphatic rings. The molecule has 5 heteroatoms. The minimum absolute atomic E-state index is 0.0685. The summed E-state index contributed by atoms with van der Waals surface area (Å²) in [5.74, 6) is 0.935. The standard InChI is InChI=1S/C20H25ClN2O2/c1-25-19-7-5-16(6-8-19)9-12-22-13-11-20(24)23-14-10-17-3-2-4-18(21)15-17/h2-8,15,22H,9-14H2,1H3,(H,23,24). The smallest absolute Gasteiger partial charge is 0.221 e. The average Bonchev–Trinajstić information content (AvgIpc) is 2.62. The highest BCUT2D eigenvalue weighted by Gasteiger charge is 2.01. The van der Waals surface area contributed by atoms with Crippen LogP contribution in [-0.4, -0.2) is 32.7 Å². The summed E-state index contributed by atoms with van der Waals surface area (Å²) < 4.78 is 5.14. The highest BCUT2D eigenvalue weighted by Crippen LogP contribution is 2.11. The van der Waals surface area contributed by atoms with Crippen LogP contribution in [0.15, 0.2) is 48.5 Å². The Bertz CT molecular complexity index is 659. The van der Waals surface area contributed by atoms with E-state index in [1.165, 1.54) is 5.56 Å². The van der Waals surface area contributed by atoms with Crippen LogP contribution in [0.5, 0.6) is 5.75 Å². The highest BCUT2D eigenvalue weighted by atomic mass is 35.5. The average molecular weight is 361 g/mol. The molecular formula is C20H25ClN2O2. The molecule has 2 N–H and O–H groups in total. The fourth-order valence-electron chi connectivity index (χ4n) is 2.48. The van der Waals surface area contributed by atoms with E-state index in [1.54, 1.807) is 7.11 Å². The van der Waals surface area contributed by atoms with Crippen molar-refractivity contribution >= 4 is 17.5 Å². The Kier molecular flexibility index (Phi) is 8.29. The molecule has 0 unspecified atom stereocenters. The maximum atomic E-state index is 11.8. The first-order valence-electron chi connectivity index (χ1n) is 8.52. The molecule has 1 amide bonds. The first-order chi connectivity index (χ1) is 12.2. The molecule has 4 nitrogen and oxygen atoms in total. The summed E-state index contributed by atoms with van der Waals surface area (Å²) >= 11 is 5.94. The second-order valence-electron chi connectivity index (χ2n) is 5.83. The molecule has 0 aliphatic carbocycles. The van der Waals surface area contributed by atoms with E-state index in [-0.39, 0.29) is 5.91 Å². The first-order valence-corrected chi connectivity index (χ1v) is 8.90. The molecule has 0 saturated heterocycles. The van der Waals surface area contributed by atoms with Crippen molar-refractivity contribution in [2.24, 2.45) is 0 Å². The highest BCUT2D eigenvalue weighted by molar-refractivity contribution is 6.30. The minimum Gasteiger partial charge on any atom is -0.497 e. The number of amides is 1. The zero-order valence-electron chi connectivity index (χ0n) is 14.6. The lowest BCUT2D eigenvalue weighted by Gasteiger charge is -2.07. The second-order valence-corrected chi connectivity index (χ2v) is 6.26. The van der Waals surface area contributed by atoms with Gasteiger partial charge in [0.05, 0.1) is 7.11 Å². The van der Waals surface area contributed by atoms with Crippen LogP contribution in [0.4, 0.5) is 0 Å². The van der Waals surface area contributed by atoms with Gasteiger partial charge in [0, 0.05) is 24.5 Å². The quantitative estimate of drug-likeness (QED) is 0.639. The zero-order valence-corrected chi connectivity index (χ0v) is 15.3. The molecule has 0 atom stereocenters. The van der Waals surface area contributed by atoms with Crippen molar-refractivity contribution < 1.29 is 9.53 Å². The van der Waals surface area contributed by atoms with Crippen LogP contribution in [0, 0.1) is 0 Å². The lowest BCUT2D eigenvalue weighted by Crippen LogP contribution is -2.29. The van der Waals surface area contributed by atoms with Crippen LogP contribution in [0.25, 0.3) is 0 Å². The molecule has 0 fully saturated rings. The largest absolute Gasteiger partial charge is 0.497 e. The van der Waals surface area contributed by atoms with Gasteiger partial charge in [0.2, 0.25) is 5.91 Å². The van der Waals surface area contributed by atoms with Crippen LogP contribution in [0.1, 0.15) is 17.5 Å². The summed E-state index contributed by atoms with van der Waals surface area (Å²) in [4.78, 5) is 11.8. The lowest BCUT2D eigenvalue weighted by atomic mass is 10.1. The monoisotopic (exact) mass is 360 g/mol. The number of hydrogen-bond acceptors (Lipinski definition) is 3. The van der Waals surface area contributed by atoms with Gasteiger partial charge in [-0.3, -0.25) is 4.79 Å². The second kappa shape index (κ2) is 10.7. The number of halogens is 1. The third-order valence-electron chi connectivity index (χ3n) is 3.90. The Morgan fingerprint density at radius 3 is 2.48 bits per heavy atom. The van der Waals surface area contributed by atoms with E-state index in [0.29, 0.717) is 19.5 Å². The maximum Gasteiger partial charge on any atom is 0.221 e. The summed E-state index contributed by atoms with van der Waals surface area (Å²) in [6, 6.07) is 15.7. The van der Waals surface area contributed by atoms with Gasteiger partial charge in [-0.15, -0.1) is 0 Å². The van der Waals surface area contributed by atoms with Crippen LogP contribution in [0.2, 0.25) is 5.02 Å². The predicted molar refractivity (Wildman–Crippen MR) is 102 cm³/mol. The lowest BCUT2D eigenvalue weighted by molar-refractivity contribution is -0.120. The number of ether oxygens (including phenoxy) is 1. The number of carbonyl (C=O) groups is 1. The van der Waals surface area contributed by atoms with E-state index in [4.69, 9.17) is 16.3 Å². The van der Waals surface area contributed by atoms with E-state index in [2.05, 4.69) is 22.8 Å². The summed E-state index contributed by atoms with van der Waals surface area (Å²) in [5, 5.41) is 6.96. The SMILES string of the molecule is COc1ccc(CCNCCC(=O)NCCc2cccc(Cl)c2)cc1. The molecule has 0 heterocycles. The van der Waals surface area contributed by atoms with Crippen molar-refractivity contribution in [3.05, 3.63) is 64.7 Å². The van der Waals surface area contributed by atoms with E-state index in [1.807, 2.05) is 36.4 Å². The van der Waals surface area contributed by atoms with Gasteiger partial charge >= 0.3 is 0 Å². The fourth-order valence-corrected chi connectivity index (χ4v) is 2.69. The Morgan fingerprint density at radius 1 is 1.00 bits per heavy atom. The number of methoxy groups -OCH3 is 1. The normalized spacial score (nSPS) is 10.5. The van der Waals surface area contributed by atoms with Gasteiger partial charge in [-0.2, -0.15) is 0 Å². The Hall–Kier alpha value is -2.04. The van der Waals surface area contributed by atoms with Gasteiger partial charge in [0.25, 0.3) is 0 Å². The van der Waals surface area contributed by atoms with Gasteiger partial charge in [-0.25, -0.2) is 0 Å². The number of carbonyl (C=O) groups excluding carboxylic acids is 1. The molecule has 134 valence electrons. The molecule has 0 aromatic heterocycles. The molecule has 0 spiro atoms. The number of hydrogen-bond donors (Lipinski definition) is 2. The van der Waals surface area contributed by atoms with Crippen molar-refractivity contribution in [2.45, 2.75) is 19.3 Å². The van der Waals surface area contributed by atoms with Gasteiger partial charge in [-0.1, -0.05) is 35.9 Å².